The average Bonchev–Trinajstić information content (AvgIpc) is 3.16. The first-order chi connectivity index (χ1) is 13.9. The number of hydrogen-bond acceptors (Lipinski definition) is 5. The van der Waals surface area contributed by atoms with E-state index in [1.807, 2.05) is 36.6 Å². The molecule has 1 atom stereocenters. The molecule has 1 aromatic heterocycles. The largest absolute Gasteiger partial charge is 0.481 e. The van der Waals surface area contributed by atoms with E-state index in [9.17, 15) is 14.0 Å². The molecule has 150 valence electrons. The van der Waals surface area contributed by atoms with Crippen molar-refractivity contribution in [2.45, 2.75) is 26.4 Å². The van der Waals surface area contributed by atoms with Gasteiger partial charge in [-0.25, -0.2) is 9.37 Å². The van der Waals surface area contributed by atoms with Crippen LogP contribution in [0.4, 0.5) is 4.39 Å². The standard InChI is InChI=1S/C21H20FN3O3S/c1-13-4-3-5-15(10-13)21-23-17(12-29-21)11-19(26)24-25-20(27)14(2)28-18-8-6-16(22)7-9-18/h3-10,12,14H,11H2,1-2H3,(H,24,26)(H,25,27). The molecular formula is C21H20FN3O3S. The maximum absolute atomic E-state index is 12.9. The van der Waals surface area contributed by atoms with E-state index in [-0.39, 0.29) is 6.42 Å². The van der Waals surface area contributed by atoms with Gasteiger partial charge in [-0.3, -0.25) is 20.4 Å². The second kappa shape index (κ2) is 9.29. The van der Waals surface area contributed by atoms with Crippen molar-refractivity contribution in [1.29, 1.82) is 0 Å². The molecule has 1 heterocycles. The summed E-state index contributed by atoms with van der Waals surface area (Å²) < 4.78 is 18.3. The van der Waals surface area contributed by atoms with Crippen LogP contribution < -0.4 is 15.6 Å². The first-order valence-corrected chi connectivity index (χ1v) is 9.81. The minimum atomic E-state index is -0.868. The highest BCUT2D eigenvalue weighted by Crippen LogP contribution is 2.24. The minimum absolute atomic E-state index is 0.0375. The molecule has 3 rings (SSSR count). The monoisotopic (exact) mass is 413 g/mol. The third kappa shape index (κ3) is 5.86. The number of carbonyl (C=O) groups is 2. The Morgan fingerprint density at radius 3 is 2.66 bits per heavy atom. The SMILES string of the molecule is Cc1cccc(-c2nc(CC(=O)NNC(=O)C(C)Oc3ccc(F)cc3)cs2)c1. The highest BCUT2D eigenvalue weighted by Gasteiger charge is 2.16. The summed E-state index contributed by atoms with van der Waals surface area (Å²) in [6, 6.07) is 13.3. The lowest BCUT2D eigenvalue weighted by Crippen LogP contribution is -2.47. The van der Waals surface area contributed by atoms with Gasteiger partial charge >= 0.3 is 0 Å². The van der Waals surface area contributed by atoms with Crippen LogP contribution in [0.3, 0.4) is 0 Å². The van der Waals surface area contributed by atoms with Crippen molar-refractivity contribution >= 4 is 23.2 Å². The molecule has 6 nitrogen and oxygen atoms in total. The van der Waals surface area contributed by atoms with Crippen molar-refractivity contribution in [2.24, 2.45) is 0 Å². The van der Waals surface area contributed by atoms with Gasteiger partial charge in [-0.1, -0.05) is 23.8 Å². The van der Waals surface area contributed by atoms with Crippen molar-refractivity contribution in [3.63, 3.8) is 0 Å². The molecule has 0 saturated heterocycles. The number of nitrogens with one attached hydrogen (secondary N) is 2. The van der Waals surface area contributed by atoms with E-state index in [0.717, 1.165) is 16.1 Å². The van der Waals surface area contributed by atoms with Crippen LogP contribution in [0.15, 0.2) is 53.9 Å². The van der Waals surface area contributed by atoms with Crippen LogP contribution in [0.1, 0.15) is 18.2 Å². The van der Waals surface area contributed by atoms with Gasteiger partial charge in [-0.05, 0) is 44.2 Å². The molecule has 0 fully saturated rings. The second-order valence-corrected chi connectivity index (χ2v) is 7.30. The number of aromatic nitrogens is 1. The number of thiazole rings is 1. The number of benzene rings is 2. The van der Waals surface area contributed by atoms with Gasteiger partial charge in [-0.15, -0.1) is 11.3 Å². The van der Waals surface area contributed by atoms with E-state index in [1.54, 1.807) is 0 Å². The van der Waals surface area contributed by atoms with Gasteiger partial charge in [-0.2, -0.15) is 0 Å². The van der Waals surface area contributed by atoms with Crippen LogP contribution in [0.5, 0.6) is 5.75 Å². The zero-order chi connectivity index (χ0) is 20.8. The Hall–Kier alpha value is -3.26. The number of aryl methyl sites for hydroxylation is 1. The van der Waals surface area contributed by atoms with Crippen molar-refractivity contribution in [1.82, 2.24) is 15.8 Å². The smallest absolute Gasteiger partial charge is 0.279 e. The highest BCUT2D eigenvalue weighted by atomic mass is 32.1. The summed E-state index contributed by atoms with van der Waals surface area (Å²) in [7, 11) is 0. The van der Waals surface area contributed by atoms with Crippen molar-refractivity contribution in [3.8, 4) is 16.3 Å². The lowest BCUT2D eigenvalue weighted by molar-refractivity contribution is -0.132. The van der Waals surface area contributed by atoms with Crippen LogP contribution in [0, 0.1) is 12.7 Å². The Labute approximate surface area is 171 Å². The number of nitrogens with zero attached hydrogens (tertiary/aromatic N) is 1. The topological polar surface area (TPSA) is 80.3 Å². The predicted molar refractivity (Wildman–Crippen MR) is 109 cm³/mol. The van der Waals surface area contributed by atoms with Gasteiger partial charge in [0.2, 0.25) is 5.91 Å². The van der Waals surface area contributed by atoms with E-state index in [0.29, 0.717) is 11.4 Å². The molecule has 2 aromatic carbocycles. The van der Waals surface area contributed by atoms with E-state index in [1.165, 1.54) is 42.5 Å². The summed E-state index contributed by atoms with van der Waals surface area (Å²) in [5.41, 5.74) is 7.43. The molecule has 0 aliphatic rings. The van der Waals surface area contributed by atoms with Gasteiger partial charge in [0.15, 0.2) is 6.10 Å². The van der Waals surface area contributed by atoms with Crippen LogP contribution in [0.2, 0.25) is 0 Å². The number of ether oxygens (including phenoxy) is 1. The van der Waals surface area contributed by atoms with Crippen molar-refractivity contribution in [3.05, 3.63) is 71.0 Å². The number of amides is 2. The summed E-state index contributed by atoms with van der Waals surface area (Å²) >= 11 is 1.46. The third-order valence-corrected chi connectivity index (χ3v) is 4.92. The number of hydrogen-bond donors (Lipinski definition) is 2. The number of carbonyl (C=O) groups excluding carboxylic acids is 2. The molecule has 0 aliphatic heterocycles. The molecule has 2 amide bonds. The quantitative estimate of drug-likeness (QED) is 0.607. The fourth-order valence-electron chi connectivity index (χ4n) is 2.51. The van der Waals surface area contributed by atoms with Gasteiger partial charge in [0.1, 0.15) is 16.6 Å². The molecule has 3 aromatic rings. The first kappa shape index (κ1) is 20.5. The summed E-state index contributed by atoms with van der Waals surface area (Å²) in [5.74, 6) is -0.962. The van der Waals surface area contributed by atoms with Gasteiger partial charge in [0, 0.05) is 10.9 Å². The third-order valence-electron chi connectivity index (χ3n) is 3.98. The van der Waals surface area contributed by atoms with E-state index in [4.69, 9.17) is 4.74 Å². The molecule has 8 heteroatoms. The fraction of sp³-hybridized carbons (Fsp3) is 0.190. The molecule has 2 N–H and O–H groups in total. The van der Waals surface area contributed by atoms with E-state index in [2.05, 4.69) is 15.8 Å². The average molecular weight is 413 g/mol. The fourth-order valence-corrected chi connectivity index (χ4v) is 3.33. The first-order valence-electron chi connectivity index (χ1n) is 8.93. The van der Waals surface area contributed by atoms with E-state index < -0.39 is 23.7 Å². The molecule has 0 bridgehead atoms. The maximum atomic E-state index is 12.9. The summed E-state index contributed by atoms with van der Waals surface area (Å²) in [5, 5.41) is 2.65. The zero-order valence-electron chi connectivity index (χ0n) is 15.9. The number of rotatable bonds is 6. The number of halogens is 1. The Bertz CT molecular complexity index is 1000. The molecule has 0 saturated carbocycles. The Kier molecular flexibility index (Phi) is 6.56. The Morgan fingerprint density at radius 1 is 1.17 bits per heavy atom. The molecule has 0 spiro atoms. The lowest BCUT2D eigenvalue weighted by atomic mass is 10.1. The Balaban J connectivity index is 1.48. The maximum Gasteiger partial charge on any atom is 0.279 e. The van der Waals surface area contributed by atoms with Crippen molar-refractivity contribution in [2.75, 3.05) is 0 Å². The van der Waals surface area contributed by atoms with Crippen LogP contribution in [-0.4, -0.2) is 22.9 Å². The molecular weight excluding hydrogens is 393 g/mol. The normalized spacial score (nSPS) is 11.6. The summed E-state index contributed by atoms with van der Waals surface area (Å²) in [6.07, 6.45) is -0.830. The van der Waals surface area contributed by atoms with Gasteiger partial charge in [0.25, 0.3) is 5.91 Å². The van der Waals surface area contributed by atoms with Crippen molar-refractivity contribution < 1.29 is 18.7 Å². The minimum Gasteiger partial charge on any atom is -0.481 e. The Morgan fingerprint density at radius 2 is 1.93 bits per heavy atom. The second-order valence-electron chi connectivity index (χ2n) is 6.44. The van der Waals surface area contributed by atoms with Crippen LogP contribution >= 0.6 is 11.3 Å². The van der Waals surface area contributed by atoms with Crippen LogP contribution in [-0.2, 0) is 16.0 Å². The summed E-state index contributed by atoms with van der Waals surface area (Å²) in [6.45, 7) is 3.54. The molecule has 0 radical (unpaired) electrons. The number of hydrazine groups is 1. The highest BCUT2D eigenvalue weighted by molar-refractivity contribution is 7.13. The molecule has 29 heavy (non-hydrogen) atoms. The van der Waals surface area contributed by atoms with Gasteiger partial charge < -0.3 is 4.74 Å². The zero-order valence-corrected chi connectivity index (χ0v) is 16.8. The predicted octanol–water partition coefficient (Wildman–Crippen LogP) is 3.42. The van der Waals surface area contributed by atoms with E-state index >= 15 is 0 Å². The summed E-state index contributed by atoms with van der Waals surface area (Å²) in [4.78, 5) is 28.6. The van der Waals surface area contributed by atoms with Gasteiger partial charge in [0.05, 0.1) is 12.1 Å². The molecule has 1 unspecified atom stereocenters. The molecule has 0 aliphatic carbocycles. The van der Waals surface area contributed by atoms with Crippen LogP contribution in [0.25, 0.3) is 10.6 Å². The lowest BCUT2D eigenvalue weighted by Gasteiger charge is -2.15.